The van der Waals surface area contributed by atoms with Crippen molar-refractivity contribution in [1.29, 1.82) is 0 Å². The molecular formula is C14H16ClNO5S. The number of rotatable bonds is 3. The molecule has 0 saturated carbocycles. The Morgan fingerprint density at radius 2 is 1.77 bits per heavy atom. The molecule has 1 aliphatic heterocycles. The fraction of sp³-hybridized carbons (Fsp3) is 0.429. The molecule has 1 heterocycles. The van der Waals surface area contributed by atoms with Crippen LogP contribution >= 0.6 is 11.6 Å². The molecule has 6 nitrogen and oxygen atoms in total. The molecule has 1 saturated heterocycles. The Bertz CT molecular complexity index is 686. The van der Waals surface area contributed by atoms with Crippen molar-refractivity contribution in [3.63, 3.8) is 0 Å². The molecule has 22 heavy (non-hydrogen) atoms. The van der Waals surface area contributed by atoms with Crippen LogP contribution in [0.3, 0.4) is 0 Å². The zero-order valence-corrected chi connectivity index (χ0v) is 13.7. The van der Waals surface area contributed by atoms with Gasteiger partial charge in [0.2, 0.25) is 5.91 Å². The Morgan fingerprint density at radius 3 is 2.27 bits per heavy atom. The normalized spacial score (nSPS) is 23.0. The molecule has 1 aliphatic rings. The molecule has 2 atom stereocenters. The Kier molecular flexibility index (Phi) is 4.77. The van der Waals surface area contributed by atoms with E-state index in [1.807, 2.05) is 0 Å². The molecule has 1 fully saturated rings. The van der Waals surface area contributed by atoms with E-state index in [9.17, 15) is 18.0 Å². The Hall–Kier alpha value is -1.60. The maximum Gasteiger partial charge on any atom is 0.303 e. The van der Waals surface area contributed by atoms with E-state index in [0.29, 0.717) is 10.7 Å². The fourth-order valence-electron chi connectivity index (χ4n) is 2.57. The number of carbonyl (C=O) groups excluding carboxylic acids is 2. The van der Waals surface area contributed by atoms with Crippen LogP contribution in [0.25, 0.3) is 0 Å². The second-order valence-corrected chi connectivity index (χ2v) is 7.75. The standard InChI is InChI=1S/C14H16ClNO5S/c1-9(17)16(12-5-3-11(15)4-6-12)13-7-22(19,20)8-14(13)21-10(2)18/h3-6,13-14H,7-8H2,1-2H3/t13-,14-/m1/s1. The van der Waals surface area contributed by atoms with E-state index in [0.717, 1.165) is 0 Å². The highest BCUT2D eigenvalue weighted by Crippen LogP contribution is 2.28. The van der Waals surface area contributed by atoms with Crippen molar-refractivity contribution in [2.75, 3.05) is 16.4 Å². The molecule has 2 rings (SSSR count). The Balaban J connectivity index is 2.39. The van der Waals surface area contributed by atoms with Crippen LogP contribution < -0.4 is 4.90 Å². The van der Waals surface area contributed by atoms with E-state index < -0.39 is 28.0 Å². The van der Waals surface area contributed by atoms with Crippen LogP contribution in [0, 0.1) is 0 Å². The lowest BCUT2D eigenvalue weighted by Crippen LogP contribution is -2.47. The number of esters is 1. The zero-order chi connectivity index (χ0) is 16.5. The Labute approximate surface area is 133 Å². The summed E-state index contributed by atoms with van der Waals surface area (Å²) in [7, 11) is -3.38. The van der Waals surface area contributed by atoms with Crippen LogP contribution in [0.5, 0.6) is 0 Å². The van der Waals surface area contributed by atoms with Gasteiger partial charge >= 0.3 is 5.97 Å². The highest BCUT2D eigenvalue weighted by atomic mass is 35.5. The van der Waals surface area contributed by atoms with E-state index in [1.54, 1.807) is 24.3 Å². The molecule has 0 N–H and O–H groups in total. The van der Waals surface area contributed by atoms with Crippen LogP contribution in [0.15, 0.2) is 24.3 Å². The predicted octanol–water partition coefficient (Wildman–Crippen LogP) is 1.42. The quantitative estimate of drug-likeness (QED) is 0.774. The third-order valence-corrected chi connectivity index (χ3v) is 5.30. The smallest absolute Gasteiger partial charge is 0.303 e. The number of amides is 1. The molecule has 0 radical (unpaired) electrons. The summed E-state index contributed by atoms with van der Waals surface area (Å²) in [5.74, 6) is -1.44. The van der Waals surface area contributed by atoms with Gasteiger partial charge in [0, 0.05) is 24.6 Å². The van der Waals surface area contributed by atoms with Crippen LogP contribution in [0.2, 0.25) is 5.02 Å². The lowest BCUT2D eigenvalue weighted by atomic mass is 10.1. The summed E-state index contributed by atoms with van der Waals surface area (Å²) in [4.78, 5) is 24.6. The maximum atomic E-state index is 12.0. The number of hydrogen-bond donors (Lipinski definition) is 0. The van der Waals surface area contributed by atoms with Gasteiger partial charge in [-0.1, -0.05) is 11.6 Å². The number of ether oxygens (including phenoxy) is 1. The molecular weight excluding hydrogens is 330 g/mol. The second-order valence-electron chi connectivity index (χ2n) is 5.16. The first-order chi connectivity index (χ1) is 10.2. The number of hydrogen-bond acceptors (Lipinski definition) is 5. The molecule has 8 heteroatoms. The maximum absolute atomic E-state index is 12.0. The van der Waals surface area contributed by atoms with Gasteiger partial charge in [0.1, 0.15) is 6.10 Å². The second kappa shape index (κ2) is 6.26. The van der Waals surface area contributed by atoms with Gasteiger partial charge in [-0.3, -0.25) is 9.59 Å². The monoisotopic (exact) mass is 345 g/mol. The molecule has 0 bridgehead atoms. The van der Waals surface area contributed by atoms with Crippen LogP contribution in [0.1, 0.15) is 13.8 Å². The van der Waals surface area contributed by atoms with Gasteiger partial charge in [0.05, 0.1) is 17.5 Å². The lowest BCUT2D eigenvalue weighted by Gasteiger charge is -2.30. The minimum Gasteiger partial charge on any atom is -0.459 e. The summed E-state index contributed by atoms with van der Waals surface area (Å²) in [6.45, 7) is 2.55. The summed E-state index contributed by atoms with van der Waals surface area (Å²) in [6, 6.07) is 5.72. The largest absolute Gasteiger partial charge is 0.459 e. The molecule has 120 valence electrons. The molecule has 0 unspecified atom stereocenters. The van der Waals surface area contributed by atoms with Gasteiger partial charge in [-0.05, 0) is 24.3 Å². The molecule has 1 amide bonds. The highest BCUT2D eigenvalue weighted by Gasteiger charge is 2.44. The number of carbonyl (C=O) groups is 2. The van der Waals surface area contributed by atoms with Gasteiger partial charge in [-0.15, -0.1) is 0 Å². The summed E-state index contributed by atoms with van der Waals surface area (Å²) >= 11 is 5.83. The number of anilines is 1. The number of sulfone groups is 1. The van der Waals surface area contributed by atoms with Crippen molar-refractivity contribution in [3.05, 3.63) is 29.3 Å². The van der Waals surface area contributed by atoms with Gasteiger partial charge in [-0.25, -0.2) is 8.42 Å². The third-order valence-electron chi connectivity index (χ3n) is 3.37. The minimum atomic E-state index is -3.38. The lowest BCUT2D eigenvalue weighted by molar-refractivity contribution is -0.146. The molecule has 0 spiro atoms. The Morgan fingerprint density at radius 1 is 1.18 bits per heavy atom. The van der Waals surface area contributed by atoms with Crippen molar-refractivity contribution >= 4 is 39.0 Å². The number of halogens is 1. The van der Waals surface area contributed by atoms with E-state index in [1.165, 1.54) is 18.7 Å². The van der Waals surface area contributed by atoms with Crippen LogP contribution in [0.4, 0.5) is 5.69 Å². The first-order valence-electron chi connectivity index (χ1n) is 6.62. The van der Waals surface area contributed by atoms with Crippen molar-refractivity contribution in [2.24, 2.45) is 0 Å². The van der Waals surface area contributed by atoms with E-state index in [-0.39, 0.29) is 17.4 Å². The number of benzene rings is 1. The first-order valence-corrected chi connectivity index (χ1v) is 8.82. The van der Waals surface area contributed by atoms with Gasteiger partial charge in [0.15, 0.2) is 9.84 Å². The zero-order valence-electron chi connectivity index (χ0n) is 12.2. The van der Waals surface area contributed by atoms with E-state index in [2.05, 4.69) is 0 Å². The molecule has 1 aromatic rings. The molecule has 0 aliphatic carbocycles. The average molecular weight is 346 g/mol. The molecule has 0 aromatic heterocycles. The summed E-state index contributed by atoms with van der Waals surface area (Å²) in [6.07, 6.45) is -0.873. The van der Waals surface area contributed by atoms with E-state index >= 15 is 0 Å². The summed E-state index contributed by atoms with van der Waals surface area (Å²) in [5.41, 5.74) is 0.510. The molecule has 1 aromatic carbocycles. The first kappa shape index (κ1) is 16.8. The fourth-order valence-corrected chi connectivity index (χ4v) is 4.51. The third kappa shape index (κ3) is 3.78. The summed E-state index contributed by atoms with van der Waals surface area (Å²) in [5, 5.41) is 0.503. The topological polar surface area (TPSA) is 80.8 Å². The predicted molar refractivity (Wildman–Crippen MR) is 82.6 cm³/mol. The summed E-state index contributed by atoms with van der Waals surface area (Å²) < 4.78 is 28.9. The van der Waals surface area contributed by atoms with Crippen molar-refractivity contribution < 1.29 is 22.7 Å². The average Bonchev–Trinajstić information content (AvgIpc) is 2.66. The van der Waals surface area contributed by atoms with E-state index in [4.69, 9.17) is 16.3 Å². The van der Waals surface area contributed by atoms with Gasteiger partial charge < -0.3 is 9.64 Å². The van der Waals surface area contributed by atoms with Crippen molar-refractivity contribution in [2.45, 2.75) is 26.0 Å². The number of nitrogens with zero attached hydrogens (tertiary/aromatic N) is 1. The van der Waals surface area contributed by atoms with Crippen LogP contribution in [-0.2, 0) is 24.2 Å². The van der Waals surface area contributed by atoms with Gasteiger partial charge in [-0.2, -0.15) is 0 Å². The van der Waals surface area contributed by atoms with Crippen molar-refractivity contribution in [3.8, 4) is 0 Å². The van der Waals surface area contributed by atoms with Crippen molar-refractivity contribution in [1.82, 2.24) is 0 Å². The van der Waals surface area contributed by atoms with Crippen LogP contribution in [-0.4, -0.2) is 43.9 Å². The SMILES string of the molecule is CC(=O)O[C@@H]1CS(=O)(=O)C[C@H]1N(C(C)=O)c1ccc(Cl)cc1. The van der Waals surface area contributed by atoms with Gasteiger partial charge in [0.25, 0.3) is 0 Å². The highest BCUT2D eigenvalue weighted by molar-refractivity contribution is 7.91. The minimum absolute atomic E-state index is 0.243.